The van der Waals surface area contributed by atoms with Crippen molar-refractivity contribution in [1.82, 2.24) is 9.80 Å². The third kappa shape index (κ3) is 3.65. The second kappa shape index (κ2) is 6.85. The minimum atomic E-state index is 0.132. The topological polar surface area (TPSA) is 23.6 Å². The summed E-state index contributed by atoms with van der Waals surface area (Å²) in [6.07, 6.45) is 2.12. The van der Waals surface area contributed by atoms with Crippen LogP contribution in [0.2, 0.25) is 0 Å². The molecule has 0 atom stereocenters. The van der Waals surface area contributed by atoms with Gasteiger partial charge < -0.3 is 9.80 Å². The minimum absolute atomic E-state index is 0.132. The van der Waals surface area contributed by atoms with Gasteiger partial charge in [-0.05, 0) is 74.6 Å². The SMILES string of the molecule is Cc1cc(-c2ccc(C(=O)N(C)C3CCN(C)CC3)cc2)cs1. The van der Waals surface area contributed by atoms with Crippen molar-refractivity contribution in [3.8, 4) is 11.1 Å². The summed E-state index contributed by atoms with van der Waals surface area (Å²) < 4.78 is 0. The van der Waals surface area contributed by atoms with Crippen molar-refractivity contribution >= 4 is 17.2 Å². The van der Waals surface area contributed by atoms with Crippen molar-refractivity contribution in [2.24, 2.45) is 0 Å². The number of likely N-dealkylation sites (tertiary alicyclic amines) is 1. The Labute approximate surface area is 142 Å². The molecule has 1 amide bonds. The van der Waals surface area contributed by atoms with E-state index < -0.39 is 0 Å². The molecule has 3 rings (SSSR count). The van der Waals surface area contributed by atoms with Crippen LogP contribution in [0.3, 0.4) is 0 Å². The molecule has 0 radical (unpaired) electrons. The van der Waals surface area contributed by atoms with Crippen molar-refractivity contribution in [3.05, 3.63) is 46.2 Å². The predicted octanol–water partition coefficient (Wildman–Crippen LogP) is 3.89. The summed E-state index contributed by atoms with van der Waals surface area (Å²) >= 11 is 1.75. The van der Waals surface area contributed by atoms with Gasteiger partial charge >= 0.3 is 0 Å². The average molecular weight is 328 g/mol. The van der Waals surface area contributed by atoms with Crippen molar-refractivity contribution < 1.29 is 4.79 Å². The van der Waals surface area contributed by atoms with Gasteiger partial charge in [-0.2, -0.15) is 0 Å². The zero-order chi connectivity index (χ0) is 16.4. The van der Waals surface area contributed by atoms with E-state index in [4.69, 9.17) is 0 Å². The molecule has 1 aromatic carbocycles. The molecule has 2 aromatic rings. The maximum Gasteiger partial charge on any atom is 0.253 e. The third-order valence-electron chi connectivity index (χ3n) is 4.75. The van der Waals surface area contributed by atoms with Crippen LogP contribution in [0.5, 0.6) is 0 Å². The van der Waals surface area contributed by atoms with Crippen LogP contribution in [0.4, 0.5) is 0 Å². The highest BCUT2D eigenvalue weighted by molar-refractivity contribution is 7.10. The number of hydrogen-bond acceptors (Lipinski definition) is 3. The first-order valence-corrected chi connectivity index (χ1v) is 9.04. The molecule has 1 aliphatic rings. The van der Waals surface area contributed by atoms with Gasteiger partial charge in [0, 0.05) is 23.5 Å². The van der Waals surface area contributed by atoms with Crippen LogP contribution >= 0.6 is 11.3 Å². The maximum atomic E-state index is 12.7. The smallest absolute Gasteiger partial charge is 0.253 e. The second-order valence-electron chi connectivity index (χ2n) is 6.47. The number of amides is 1. The normalized spacial score (nSPS) is 16.5. The summed E-state index contributed by atoms with van der Waals surface area (Å²) in [5, 5.41) is 2.16. The molecule has 1 fully saturated rings. The summed E-state index contributed by atoms with van der Waals surface area (Å²) in [6, 6.07) is 10.6. The molecule has 1 aliphatic heterocycles. The highest BCUT2D eigenvalue weighted by Gasteiger charge is 2.24. The minimum Gasteiger partial charge on any atom is -0.339 e. The van der Waals surface area contributed by atoms with E-state index in [2.05, 4.69) is 42.5 Å². The number of aryl methyl sites for hydroxylation is 1. The zero-order valence-electron chi connectivity index (χ0n) is 14.1. The number of benzene rings is 1. The van der Waals surface area contributed by atoms with Crippen molar-refractivity contribution in [3.63, 3.8) is 0 Å². The van der Waals surface area contributed by atoms with E-state index in [9.17, 15) is 4.79 Å². The van der Waals surface area contributed by atoms with Crippen molar-refractivity contribution in [2.45, 2.75) is 25.8 Å². The van der Waals surface area contributed by atoms with E-state index in [1.54, 1.807) is 11.3 Å². The molecule has 1 aromatic heterocycles. The molecule has 122 valence electrons. The first-order valence-electron chi connectivity index (χ1n) is 8.16. The van der Waals surface area contributed by atoms with E-state index in [0.717, 1.165) is 31.5 Å². The van der Waals surface area contributed by atoms with Crippen LogP contribution in [0.25, 0.3) is 11.1 Å². The fourth-order valence-corrected chi connectivity index (χ4v) is 3.86. The second-order valence-corrected chi connectivity index (χ2v) is 7.59. The molecule has 0 unspecified atom stereocenters. The standard InChI is InChI=1S/C19H24N2OS/c1-14-12-17(13-23-14)15-4-6-16(7-5-15)19(22)21(3)18-8-10-20(2)11-9-18/h4-7,12-13,18H,8-11H2,1-3H3. The number of carbonyl (C=O) groups is 1. The fraction of sp³-hybridized carbons (Fsp3) is 0.421. The van der Waals surface area contributed by atoms with Gasteiger partial charge in [0.1, 0.15) is 0 Å². The van der Waals surface area contributed by atoms with Gasteiger partial charge in [0.2, 0.25) is 0 Å². The van der Waals surface area contributed by atoms with Gasteiger partial charge in [0.25, 0.3) is 5.91 Å². The maximum absolute atomic E-state index is 12.7. The van der Waals surface area contributed by atoms with Gasteiger partial charge in [-0.1, -0.05) is 12.1 Å². The van der Waals surface area contributed by atoms with Crippen molar-refractivity contribution in [1.29, 1.82) is 0 Å². The Balaban J connectivity index is 1.70. The molecule has 0 N–H and O–H groups in total. The third-order valence-corrected chi connectivity index (χ3v) is 5.61. The molecule has 0 spiro atoms. The van der Waals surface area contributed by atoms with E-state index in [1.807, 2.05) is 24.1 Å². The summed E-state index contributed by atoms with van der Waals surface area (Å²) in [5.41, 5.74) is 3.19. The number of piperidine rings is 1. The Hall–Kier alpha value is -1.65. The lowest BCUT2D eigenvalue weighted by Gasteiger charge is -2.35. The van der Waals surface area contributed by atoms with Crippen LogP contribution in [0.1, 0.15) is 28.1 Å². The number of carbonyl (C=O) groups excluding carboxylic acids is 1. The molecule has 0 aliphatic carbocycles. The van der Waals surface area contributed by atoms with Gasteiger partial charge in [-0.25, -0.2) is 0 Å². The Morgan fingerprint density at radius 1 is 1.17 bits per heavy atom. The first kappa shape index (κ1) is 16.2. The Morgan fingerprint density at radius 2 is 1.83 bits per heavy atom. The molecular formula is C19H24N2OS. The van der Waals surface area contributed by atoms with E-state index in [-0.39, 0.29) is 5.91 Å². The molecule has 1 saturated heterocycles. The zero-order valence-corrected chi connectivity index (χ0v) is 14.9. The molecule has 4 heteroatoms. The van der Waals surface area contributed by atoms with Gasteiger partial charge in [0.15, 0.2) is 0 Å². The highest BCUT2D eigenvalue weighted by atomic mass is 32.1. The van der Waals surface area contributed by atoms with Crippen molar-refractivity contribution in [2.75, 3.05) is 27.2 Å². The summed E-state index contributed by atoms with van der Waals surface area (Å²) in [6.45, 7) is 4.25. The summed E-state index contributed by atoms with van der Waals surface area (Å²) in [4.78, 5) is 18.3. The Kier molecular flexibility index (Phi) is 4.83. The average Bonchev–Trinajstić information content (AvgIpc) is 3.01. The van der Waals surface area contributed by atoms with Crippen LogP contribution in [0, 0.1) is 6.92 Å². The molecule has 0 saturated carbocycles. The van der Waals surface area contributed by atoms with E-state index >= 15 is 0 Å². The first-order chi connectivity index (χ1) is 11.0. The lowest BCUT2D eigenvalue weighted by molar-refractivity contribution is 0.0659. The largest absolute Gasteiger partial charge is 0.339 e. The molecule has 0 bridgehead atoms. The molecular weight excluding hydrogens is 304 g/mol. The lowest BCUT2D eigenvalue weighted by Crippen LogP contribution is -2.44. The van der Waals surface area contributed by atoms with E-state index in [1.165, 1.54) is 16.0 Å². The van der Waals surface area contributed by atoms with Gasteiger partial charge in [-0.3, -0.25) is 4.79 Å². The molecule has 2 heterocycles. The highest BCUT2D eigenvalue weighted by Crippen LogP contribution is 2.26. The predicted molar refractivity (Wildman–Crippen MR) is 97.1 cm³/mol. The fourth-order valence-electron chi connectivity index (χ4n) is 3.15. The quantitative estimate of drug-likeness (QED) is 0.853. The lowest BCUT2D eigenvalue weighted by atomic mass is 10.0. The number of hydrogen-bond donors (Lipinski definition) is 0. The van der Waals surface area contributed by atoms with Crippen LogP contribution in [-0.4, -0.2) is 48.9 Å². The van der Waals surface area contributed by atoms with Gasteiger partial charge in [0.05, 0.1) is 0 Å². The number of rotatable bonds is 3. The van der Waals surface area contributed by atoms with Gasteiger partial charge in [-0.15, -0.1) is 11.3 Å². The van der Waals surface area contributed by atoms with Crippen LogP contribution in [-0.2, 0) is 0 Å². The Bertz CT molecular complexity index is 669. The monoisotopic (exact) mass is 328 g/mol. The van der Waals surface area contributed by atoms with Crippen LogP contribution in [0.15, 0.2) is 35.7 Å². The molecule has 23 heavy (non-hydrogen) atoms. The number of nitrogens with zero attached hydrogens (tertiary/aromatic N) is 2. The number of thiophene rings is 1. The summed E-state index contributed by atoms with van der Waals surface area (Å²) in [7, 11) is 4.08. The summed E-state index contributed by atoms with van der Waals surface area (Å²) in [5.74, 6) is 0.132. The van der Waals surface area contributed by atoms with Crippen LogP contribution < -0.4 is 0 Å². The molecule has 3 nitrogen and oxygen atoms in total. The van der Waals surface area contributed by atoms with E-state index in [0.29, 0.717) is 6.04 Å². The Morgan fingerprint density at radius 3 is 2.39 bits per heavy atom.